The summed E-state index contributed by atoms with van der Waals surface area (Å²) in [5.41, 5.74) is 0.444. The van der Waals surface area contributed by atoms with E-state index in [0.717, 1.165) is 36.4 Å². The van der Waals surface area contributed by atoms with Crippen molar-refractivity contribution in [3.8, 4) is 0 Å². The first-order valence-corrected chi connectivity index (χ1v) is 7.15. The highest BCUT2D eigenvalue weighted by molar-refractivity contribution is 7.09. The van der Waals surface area contributed by atoms with Crippen LogP contribution < -0.4 is 0 Å². The van der Waals surface area contributed by atoms with Crippen molar-refractivity contribution in [1.82, 2.24) is 4.98 Å². The molecule has 0 amide bonds. The second kappa shape index (κ2) is 5.17. The number of carboxylic acids is 1. The van der Waals surface area contributed by atoms with Crippen LogP contribution in [0, 0.1) is 12.3 Å². The zero-order chi connectivity index (χ0) is 12.3. The Morgan fingerprint density at radius 1 is 1.41 bits per heavy atom. The molecule has 1 aliphatic rings. The van der Waals surface area contributed by atoms with Crippen molar-refractivity contribution in [2.75, 3.05) is 0 Å². The number of rotatable bonds is 3. The van der Waals surface area contributed by atoms with E-state index in [2.05, 4.69) is 4.98 Å². The summed E-state index contributed by atoms with van der Waals surface area (Å²) in [5.74, 6) is -0.632. The number of hydrogen-bond donors (Lipinski definition) is 1. The Kier molecular flexibility index (Phi) is 3.82. The molecule has 2 rings (SSSR count). The zero-order valence-electron chi connectivity index (χ0n) is 10.2. The van der Waals surface area contributed by atoms with Crippen LogP contribution in [0.4, 0.5) is 0 Å². The lowest BCUT2D eigenvalue weighted by Gasteiger charge is -2.26. The zero-order valence-corrected chi connectivity index (χ0v) is 11.1. The van der Waals surface area contributed by atoms with Crippen molar-refractivity contribution < 1.29 is 9.90 Å². The molecule has 1 aromatic rings. The van der Waals surface area contributed by atoms with Crippen molar-refractivity contribution in [1.29, 1.82) is 0 Å². The summed E-state index contributed by atoms with van der Waals surface area (Å²) in [4.78, 5) is 16.0. The normalized spacial score (nSPS) is 19.8. The largest absolute Gasteiger partial charge is 0.481 e. The van der Waals surface area contributed by atoms with Crippen LogP contribution in [0.1, 0.15) is 49.2 Å². The second-order valence-electron chi connectivity index (χ2n) is 5.06. The summed E-state index contributed by atoms with van der Waals surface area (Å²) in [6.07, 6.45) is 6.65. The van der Waals surface area contributed by atoms with Gasteiger partial charge >= 0.3 is 5.97 Å². The summed E-state index contributed by atoms with van der Waals surface area (Å²) < 4.78 is 0. The molecule has 4 heteroatoms. The van der Waals surface area contributed by atoms with E-state index in [1.807, 2.05) is 12.3 Å². The molecule has 0 unspecified atom stereocenters. The van der Waals surface area contributed by atoms with Gasteiger partial charge in [0.15, 0.2) is 0 Å². The maximum absolute atomic E-state index is 11.6. The predicted molar refractivity (Wildman–Crippen MR) is 68.3 cm³/mol. The van der Waals surface area contributed by atoms with Crippen molar-refractivity contribution >= 4 is 17.3 Å². The van der Waals surface area contributed by atoms with E-state index in [-0.39, 0.29) is 0 Å². The van der Waals surface area contributed by atoms with Crippen molar-refractivity contribution in [3.05, 3.63) is 16.1 Å². The smallest absolute Gasteiger partial charge is 0.310 e. The highest BCUT2D eigenvalue weighted by atomic mass is 32.1. The average Bonchev–Trinajstić information content (AvgIpc) is 2.54. The summed E-state index contributed by atoms with van der Waals surface area (Å²) in [5, 5.41) is 12.5. The van der Waals surface area contributed by atoms with Crippen molar-refractivity contribution in [2.45, 2.75) is 51.9 Å². The second-order valence-corrected chi connectivity index (χ2v) is 6.00. The fourth-order valence-corrected chi connectivity index (χ4v) is 3.56. The van der Waals surface area contributed by atoms with Crippen molar-refractivity contribution in [2.24, 2.45) is 5.41 Å². The number of carboxylic acid groups (broad SMARTS) is 1. The highest BCUT2D eigenvalue weighted by Crippen LogP contribution is 2.38. The third-order valence-corrected chi connectivity index (χ3v) is 4.64. The number of thiazole rings is 1. The molecule has 1 saturated carbocycles. The van der Waals surface area contributed by atoms with E-state index >= 15 is 0 Å². The monoisotopic (exact) mass is 253 g/mol. The lowest BCUT2D eigenvalue weighted by molar-refractivity contribution is -0.149. The average molecular weight is 253 g/mol. The molecule has 0 atom stereocenters. The number of aromatic nitrogens is 1. The first-order valence-electron chi connectivity index (χ1n) is 6.27. The van der Waals surface area contributed by atoms with Crippen LogP contribution >= 0.6 is 11.3 Å². The van der Waals surface area contributed by atoms with Crippen molar-refractivity contribution in [3.63, 3.8) is 0 Å². The Balaban J connectivity index is 2.18. The molecule has 0 spiro atoms. The molecule has 0 radical (unpaired) electrons. The van der Waals surface area contributed by atoms with Gasteiger partial charge in [0.05, 0.1) is 10.4 Å². The number of aryl methyl sites for hydroxylation is 1. The van der Waals surface area contributed by atoms with E-state index < -0.39 is 11.4 Å². The molecule has 94 valence electrons. The molecular formula is C13H19NO2S. The highest BCUT2D eigenvalue weighted by Gasteiger charge is 2.39. The molecular weight excluding hydrogens is 234 g/mol. The predicted octanol–water partition coefficient (Wildman–Crippen LogP) is 3.42. The van der Waals surface area contributed by atoms with Crippen LogP contribution in [0.2, 0.25) is 0 Å². The Labute approximate surface area is 106 Å². The van der Waals surface area contributed by atoms with Gasteiger partial charge in [-0.15, -0.1) is 11.3 Å². The lowest BCUT2D eigenvalue weighted by Crippen LogP contribution is -2.32. The van der Waals surface area contributed by atoms with Gasteiger partial charge in [-0.3, -0.25) is 4.79 Å². The Bertz CT molecular complexity index is 392. The molecule has 1 heterocycles. The first-order chi connectivity index (χ1) is 8.12. The first kappa shape index (κ1) is 12.6. The third kappa shape index (κ3) is 2.86. The molecule has 1 aliphatic carbocycles. The van der Waals surface area contributed by atoms with Crippen LogP contribution in [0.25, 0.3) is 0 Å². The maximum atomic E-state index is 11.6. The van der Waals surface area contributed by atoms with E-state index in [1.54, 1.807) is 11.3 Å². The SMILES string of the molecule is Cc1csc(CC2(C(=O)O)CCCCCC2)n1. The minimum Gasteiger partial charge on any atom is -0.481 e. The number of nitrogens with zero attached hydrogens (tertiary/aromatic N) is 1. The Morgan fingerprint density at radius 2 is 2.06 bits per heavy atom. The van der Waals surface area contributed by atoms with Gasteiger partial charge in [0.1, 0.15) is 0 Å². The molecule has 1 aromatic heterocycles. The van der Waals surface area contributed by atoms with E-state index in [1.165, 1.54) is 12.8 Å². The minimum atomic E-state index is -0.632. The van der Waals surface area contributed by atoms with Gasteiger partial charge in [-0.05, 0) is 19.8 Å². The van der Waals surface area contributed by atoms with E-state index in [9.17, 15) is 9.90 Å². The van der Waals surface area contributed by atoms with Crippen LogP contribution in [0.5, 0.6) is 0 Å². The van der Waals surface area contributed by atoms with Gasteiger partial charge in [-0.25, -0.2) is 4.98 Å². The molecule has 0 aliphatic heterocycles. The molecule has 1 fully saturated rings. The molecule has 1 N–H and O–H groups in total. The number of aliphatic carboxylic acids is 1. The molecule has 17 heavy (non-hydrogen) atoms. The Morgan fingerprint density at radius 3 is 2.53 bits per heavy atom. The summed E-state index contributed by atoms with van der Waals surface area (Å²) >= 11 is 1.59. The topological polar surface area (TPSA) is 50.2 Å². The summed E-state index contributed by atoms with van der Waals surface area (Å²) in [6, 6.07) is 0. The maximum Gasteiger partial charge on any atom is 0.310 e. The van der Waals surface area contributed by atoms with Gasteiger partial charge in [-0.1, -0.05) is 25.7 Å². The fraction of sp³-hybridized carbons (Fsp3) is 0.692. The van der Waals surface area contributed by atoms with E-state index in [4.69, 9.17) is 0 Å². The lowest BCUT2D eigenvalue weighted by atomic mass is 9.77. The van der Waals surface area contributed by atoms with Gasteiger partial charge in [0.25, 0.3) is 0 Å². The van der Waals surface area contributed by atoms with Gasteiger partial charge in [0.2, 0.25) is 0 Å². The molecule has 0 aromatic carbocycles. The molecule has 0 bridgehead atoms. The van der Waals surface area contributed by atoms with Crippen LogP contribution in [0.3, 0.4) is 0 Å². The summed E-state index contributed by atoms with van der Waals surface area (Å²) in [6.45, 7) is 1.96. The van der Waals surface area contributed by atoms with Gasteiger partial charge < -0.3 is 5.11 Å². The third-order valence-electron chi connectivity index (χ3n) is 3.67. The van der Waals surface area contributed by atoms with Gasteiger partial charge in [0, 0.05) is 17.5 Å². The van der Waals surface area contributed by atoms with E-state index in [0.29, 0.717) is 6.42 Å². The minimum absolute atomic E-state index is 0.555. The number of carbonyl (C=O) groups is 1. The van der Waals surface area contributed by atoms with Gasteiger partial charge in [-0.2, -0.15) is 0 Å². The molecule has 0 saturated heterocycles. The quantitative estimate of drug-likeness (QED) is 0.840. The standard InChI is InChI=1S/C13H19NO2S/c1-10-9-17-11(14-10)8-13(12(15)16)6-4-2-3-5-7-13/h9H,2-8H2,1H3,(H,15,16). The Hall–Kier alpha value is -0.900. The van der Waals surface area contributed by atoms with Crippen LogP contribution in [-0.2, 0) is 11.2 Å². The fourth-order valence-electron chi connectivity index (χ4n) is 2.64. The van der Waals surface area contributed by atoms with Crippen LogP contribution in [0.15, 0.2) is 5.38 Å². The number of hydrogen-bond acceptors (Lipinski definition) is 3. The van der Waals surface area contributed by atoms with Crippen LogP contribution in [-0.4, -0.2) is 16.1 Å². The summed E-state index contributed by atoms with van der Waals surface area (Å²) in [7, 11) is 0. The molecule has 3 nitrogen and oxygen atoms in total.